The molecule has 0 fully saturated rings. The maximum Gasteiger partial charge on any atom is 0.0267 e. The fourth-order valence-corrected chi connectivity index (χ4v) is 0.313. The van der Waals surface area contributed by atoms with Crippen LogP contribution in [0.3, 0.4) is 0 Å². The molecule has 1 aromatic rings. The smallest absolute Gasteiger partial charge is 0.0267 e. The minimum Gasteiger partial charge on any atom is -0.265 e. The van der Waals surface area contributed by atoms with Gasteiger partial charge in [-0.15, -0.1) is 0 Å². The molecule has 1 heterocycles. The van der Waals surface area contributed by atoms with Crippen molar-refractivity contribution in [3.05, 3.63) is 30.6 Å². The molecule has 0 bridgehead atoms. The number of rotatable bonds is 0. The first kappa shape index (κ1) is 18.8. The van der Waals surface area contributed by atoms with E-state index in [1.165, 1.54) is 12.8 Å². The minimum absolute atomic E-state index is 1.25. The molecule has 14 heavy (non-hydrogen) atoms. The highest BCUT2D eigenvalue weighted by molar-refractivity contribution is 4.88. The Bertz CT molecular complexity index is 97.2. The molecule has 1 heteroatoms. The Kier molecular flexibility index (Phi) is 39.8. The second kappa shape index (κ2) is 29.5. The summed E-state index contributed by atoms with van der Waals surface area (Å²) in [6.45, 7) is 12.5. The third kappa shape index (κ3) is 43.3. The van der Waals surface area contributed by atoms with Crippen molar-refractivity contribution in [3.63, 3.8) is 0 Å². The van der Waals surface area contributed by atoms with Crippen LogP contribution in [-0.2, 0) is 0 Å². The van der Waals surface area contributed by atoms with E-state index in [0.29, 0.717) is 0 Å². The van der Waals surface area contributed by atoms with Crippen LogP contribution >= 0.6 is 0 Å². The van der Waals surface area contributed by atoms with Gasteiger partial charge in [0.25, 0.3) is 0 Å². The van der Waals surface area contributed by atoms with E-state index in [1.807, 2.05) is 32.0 Å². The van der Waals surface area contributed by atoms with E-state index < -0.39 is 0 Å². The maximum atomic E-state index is 3.78. The molecule has 0 N–H and O–H groups in total. The Morgan fingerprint density at radius 1 is 0.714 bits per heavy atom. The van der Waals surface area contributed by atoms with Crippen LogP contribution in [0.25, 0.3) is 0 Å². The van der Waals surface area contributed by atoms with E-state index in [-0.39, 0.29) is 0 Å². The number of hydrogen-bond donors (Lipinski definition) is 0. The van der Waals surface area contributed by atoms with Crippen LogP contribution in [-0.4, -0.2) is 4.98 Å². The van der Waals surface area contributed by atoms with Gasteiger partial charge in [0.2, 0.25) is 0 Å². The van der Waals surface area contributed by atoms with E-state index in [4.69, 9.17) is 0 Å². The van der Waals surface area contributed by atoms with Crippen molar-refractivity contribution in [2.24, 2.45) is 0 Å². The molecular formula is C13H27N. The Morgan fingerprint density at radius 3 is 1.07 bits per heavy atom. The normalized spacial score (nSPS) is 6.43. The molecule has 1 rings (SSSR count). The molecule has 84 valence electrons. The summed E-state index contributed by atoms with van der Waals surface area (Å²) in [7, 11) is 0. The van der Waals surface area contributed by atoms with Gasteiger partial charge in [-0.2, -0.15) is 0 Å². The van der Waals surface area contributed by atoms with E-state index >= 15 is 0 Å². The van der Waals surface area contributed by atoms with Gasteiger partial charge >= 0.3 is 0 Å². The fraction of sp³-hybridized carbons (Fsp3) is 0.615. The standard InChI is InChI=1S/C5H5N.2C3H8.C2H6/c1-2-4-6-5-3-1;2*1-3-2;1-2/h1-5H;2*3H2,1-2H3;1-2H3. The van der Waals surface area contributed by atoms with E-state index in [1.54, 1.807) is 12.4 Å². The summed E-state index contributed by atoms with van der Waals surface area (Å²) in [6.07, 6.45) is 6.00. The van der Waals surface area contributed by atoms with Crippen molar-refractivity contribution in [2.75, 3.05) is 0 Å². The van der Waals surface area contributed by atoms with E-state index in [9.17, 15) is 0 Å². The summed E-state index contributed by atoms with van der Waals surface area (Å²) in [4.78, 5) is 3.78. The minimum atomic E-state index is 1.25. The molecule has 0 saturated heterocycles. The summed E-state index contributed by atoms with van der Waals surface area (Å²) in [6, 6.07) is 5.72. The van der Waals surface area contributed by atoms with Gasteiger partial charge in [0.15, 0.2) is 0 Å². The van der Waals surface area contributed by atoms with E-state index in [0.717, 1.165) is 0 Å². The topological polar surface area (TPSA) is 12.9 Å². The third-order valence-corrected chi connectivity index (χ3v) is 0.566. The van der Waals surface area contributed by atoms with Crippen LogP contribution in [0.2, 0.25) is 0 Å². The lowest BCUT2D eigenvalue weighted by atomic mass is 10.5. The average Bonchev–Trinajstić information content (AvgIpc) is 2.26. The van der Waals surface area contributed by atoms with Crippen molar-refractivity contribution >= 4 is 0 Å². The summed E-state index contributed by atoms with van der Waals surface area (Å²) in [5.74, 6) is 0. The SMILES string of the molecule is CC.CCC.CCC.c1ccncc1. The zero-order valence-electron chi connectivity index (χ0n) is 10.7. The van der Waals surface area contributed by atoms with Crippen molar-refractivity contribution in [3.8, 4) is 0 Å². The molecule has 0 spiro atoms. The number of nitrogens with zero attached hydrogens (tertiary/aromatic N) is 1. The van der Waals surface area contributed by atoms with Crippen LogP contribution in [0.1, 0.15) is 54.4 Å². The van der Waals surface area contributed by atoms with Crippen LogP contribution in [0.5, 0.6) is 0 Å². The second-order valence-electron chi connectivity index (χ2n) is 2.44. The Balaban J connectivity index is -0.000000132. The largest absolute Gasteiger partial charge is 0.265 e. The van der Waals surface area contributed by atoms with Crippen LogP contribution in [0.4, 0.5) is 0 Å². The molecule has 0 aliphatic rings. The summed E-state index contributed by atoms with van der Waals surface area (Å²) >= 11 is 0. The fourth-order valence-electron chi connectivity index (χ4n) is 0.313. The lowest BCUT2D eigenvalue weighted by Crippen LogP contribution is -1.58. The van der Waals surface area contributed by atoms with Gasteiger partial charge in [0, 0.05) is 12.4 Å². The summed E-state index contributed by atoms with van der Waals surface area (Å²) in [5, 5.41) is 0. The summed E-state index contributed by atoms with van der Waals surface area (Å²) < 4.78 is 0. The molecular weight excluding hydrogens is 170 g/mol. The highest BCUT2D eigenvalue weighted by Crippen LogP contribution is 1.73. The lowest BCUT2D eigenvalue weighted by Gasteiger charge is -1.70. The monoisotopic (exact) mass is 197 g/mol. The van der Waals surface area contributed by atoms with Gasteiger partial charge in [0.1, 0.15) is 0 Å². The number of pyridine rings is 1. The second-order valence-corrected chi connectivity index (χ2v) is 2.44. The highest BCUT2D eigenvalue weighted by Gasteiger charge is 1.58. The predicted molar refractivity (Wildman–Crippen MR) is 67.5 cm³/mol. The summed E-state index contributed by atoms with van der Waals surface area (Å²) in [5.41, 5.74) is 0. The van der Waals surface area contributed by atoms with Crippen molar-refractivity contribution in [1.82, 2.24) is 4.98 Å². The molecule has 0 atom stereocenters. The van der Waals surface area contributed by atoms with Gasteiger partial charge < -0.3 is 0 Å². The van der Waals surface area contributed by atoms with Gasteiger partial charge in [-0.3, -0.25) is 4.98 Å². The van der Waals surface area contributed by atoms with Crippen molar-refractivity contribution in [1.29, 1.82) is 0 Å². The van der Waals surface area contributed by atoms with Crippen LogP contribution in [0, 0.1) is 0 Å². The molecule has 0 aliphatic heterocycles. The predicted octanol–water partition coefficient (Wildman–Crippen LogP) is 4.94. The van der Waals surface area contributed by atoms with Gasteiger partial charge in [-0.05, 0) is 12.1 Å². The highest BCUT2D eigenvalue weighted by atomic mass is 14.6. The quantitative estimate of drug-likeness (QED) is 0.574. The van der Waals surface area contributed by atoms with Gasteiger partial charge in [-0.25, -0.2) is 0 Å². The Hall–Kier alpha value is -0.850. The van der Waals surface area contributed by atoms with Gasteiger partial charge in [0.05, 0.1) is 0 Å². The van der Waals surface area contributed by atoms with Crippen molar-refractivity contribution < 1.29 is 0 Å². The number of aromatic nitrogens is 1. The zero-order valence-corrected chi connectivity index (χ0v) is 10.7. The molecule has 0 saturated carbocycles. The van der Waals surface area contributed by atoms with E-state index in [2.05, 4.69) is 32.7 Å². The molecule has 0 amide bonds. The molecule has 0 radical (unpaired) electrons. The molecule has 1 aromatic heterocycles. The first-order chi connectivity index (χ1) is 6.83. The molecule has 0 aromatic carbocycles. The first-order valence-electron chi connectivity index (χ1n) is 5.68. The lowest BCUT2D eigenvalue weighted by molar-refractivity contribution is 1.09. The Labute approximate surface area is 90.6 Å². The Morgan fingerprint density at radius 2 is 1.00 bits per heavy atom. The molecule has 1 nitrogen and oxygen atoms in total. The van der Waals surface area contributed by atoms with Crippen molar-refractivity contribution in [2.45, 2.75) is 54.4 Å². The first-order valence-corrected chi connectivity index (χ1v) is 5.68. The third-order valence-electron chi connectivity index (χ3n) is 0.566. The molecule has 0 aliphatic carbocycles. The van der Waals surface area contributed by atoms with Gasteiger partial charge in [-0.1, -0.05) is 60.5 Å². The average molecular weight is 197 g/mol. The van der Waals surface area contributed by atoms with Crippen LogP contribution in [0.15, 0.2) is 30.6 Å². The zero-order chi connectivity index (χ0) is 11.7. The molecule has 0 unspecified atom stereocenters. The maximum absolute atomic E-state index is 3.78. The van der Waals surface area contributed by atoms with Crippen LogP contribution < -0.4 is 0 Å². The number of hydrogen-bond acceptors (Lipinski definition) is 1.